The van der Waals surface area contributed by atoms with Crippen molar-refractivity contribution in [1.82, 2.24) is 5.32 Å². The van der Waals surface area contributed by atoms with Crippen LogP contribution in [0.3, 0.4) is 0 Å². The highest BCUT2D eigenvalue weighted by Gasteiger charge is 2.34. The molecule has 1 N–H and O–H groups in total. The van der Waals surface area contributed by atoms with E-state index in [1.807, 2.05) is 6.07 Å². The van der Waals surface area contributed by atoms with Gasteiger partial charge in [0.2, 0.25) is 0 Å². The molecule has 0 aliphatic heterocycles. The van der Waals surface area contributed by atoms with Crippen LogP contribution in [0.25, 0.3) is 0 Å². The topological polar surface area (TPSA) is 45.0 Å². The molecule has 0 bridgehead atoms. The summed E-state index contributed by atoms with van der Waals surface area (Å²) in [7, 11) is 1.68. The van der Waals surface area contributed by atoms with Gasteiger partial charge in [-0.15, -0.1) is 0 Å². The maximum atomic E-state index is 9.50. The molecule has 0 spiro atoms. The van der Waals surface area contributed by atoms with E-state index in [2.05, 4.69) is 37.4 Å². The highest BCUT2D eigenvalue weighted by molar-refractivity contribution is 5.40. The van der Waals surface area contributed by atoms with Gasteiger partial charge < -0.3 is 4.74 Å². The van der Waals surface area contributed by atoms with E-state index in [9.17, 15) is 5.26 Å². The number of nitrogens with one attached hydrogen (secondary N) is 1. The molecule has 1 atom stereocenters. The minimum Gasteiger partial charge on any atom is -0.497 e. The zero-order chi connectivity index (χ0) is 13.2. The van der Waals surface area contributed by atoms with E-state index in [1.54, 1.807) is 7.11 Å². The Kier molecular flexibility index (Phi) is 3.58. The molecule has 0 radical (unpaired) electrons. The van der Waals surface area contributed by atoms with Crippen LogP contribution in [0.4, 0.5) is 0 Å². The van der Waals surface area contributed by atoms with E-state index < -0.39 is 5.54 Å². The number of hydrogen-bond donors (Lipinski definition) is 1. The number of hydrogen-bond acceptors (Lipinski definition) is 3. The summed E-state index contributed by atoms with van der Waals surface area (Å²) in [5.41, 5.74) is 2.15. The molecule has 1 aromatic rings. The number of nitrogens with zero attached hydrogens (tertiary/aromatic N) is 1. The third-order valence-corrected chi connectivity index (χ3v) is 3.51. The van der Waals surface area contributed by atoms with Crippen molar-refractivity contribution in [2.45, 2.75) is 44.7 Å². The number of methoxy groups -OCH3 is 1. The summed E-state index contributed by atoms with van der Waals surface area (Å²) in [4.78, 5) is 0. The monoisotopic (exact) mass is 244 g/mol. The van der Waals surface area contributed by atoms with Crippen molar-refractivity contribution in [1.29, 1.82) is 5.26 Å². The lowest BCUT2D eigenvalue weighted by Crippen LogP contribution is -2.51. The van der Waals surface area contributed by atoms with Crippen molar-refractivity contribution in [3.63, 3.8) is 0 Å². The van der Waals surface area contributed by atoms with E-state index in [1.165, 1.54) is 11.1 Å². The molecule has 1 aromatic carbocycles. The Hall–Kier alpha value is -1.53. The van der Waals surface area contributed by atoms with Crippen LogP contribution < -0.4 is 10.1 Å². The summed E-state index contributed by atoms with van der Waals surface area (Å²) < 4.78 is 5.26. The largest absolute Gasteiger partial charge is 0.497 e. The van der Waals surface area contributed by atoms with E-state index in [4.69, 9.17) is 4.74 Å². The Morgan fingerprint density at radius 1 is 1.39 bits per heavy atom. The second-order valence-electron chi connectivity index (χ2n) is 5.30. The van der Waals surface area contributed by atoms with E-state index in [-0.39, 0.29) is 0 Å². The van der Waals surface area contributed by atoms with Gasteiger partial charge in [-0.1, -0.05) is 6.07 Å². The van der Waals surface area contributed by atoms with Gasteiger partial charge in [0.15, 0.2) is 0 Å². The molecular formula is C15H20N2O. The number of ether oxygens (including phenoxy) is 1. The van der Waals surface area contributed by atoms with Gasteiger partial charge in [-0.05, 0) is 49.9 Å². The first-order chi connectivity index (χ1) is 8.58. The van der Waals surface area contributed by atoms with E-state index in [0.29, 0.717) is 6.04 Å². The third-order valence-electron chi connectivity index (χ3n) is 3.51. The smallest absolute Gasteiger partial charge is 0.119 e. The molecular weight excluding hydrogens is 224 g/mol. The van der Waals surface area contributed by atoms with Gasteiger partial charge in [0.25, 0.3) is 0 Å². The second-order valence-corrected chi connectivity index (χ2v) is 5.30. The molecule has 18 heavy (non-hydrogen) atoms. The van der Waals surface area contributed by atoms with Gasteiger partial charge >= 0.3 is 0 Å². The molecule has 3 nitrogen and oxygen atoms in total. The number of aryl methyl sites for hydroxylation is 1. The van der Waals surface area contributed by atoms with Gasteiger partial charge in [-0.3, -0.25) is 5.32 Å². The Bertz CT molecular complexity index is 476. The molecule has 2 rings (SSSR count). The normalized spacial score (nSPS) is 22.4. The number of benzene rings is 1. The molecule has 1 aliphatic carbocycles. The summed E-state index contributed by atoms with van der Waals surface area (Å²) >= 11 is 0. The van der Waals surface area contributed by atoms with Gasteiger partial charge in [0.1, 0.15) is 11.3 Å². The number of rotatable bonds is 3. The van der Waals surface area contributed by atoms with Crippen LogP contribution >= 0.6 is 0 Å². The Labute approximate surface area is 109 Å². The predicted molar refractivity (Wildman–Crippen MR) is 71.6 cm³/mol. The molecule has 3 heteroatoms. The third kappa shape index (κ3) is 2.49. The molecule has 0 amide bonds. The average Bonchev–Trinajstić information content (AvgIpc) is 2.37. The van der Waals surface area contributed by atoms with Crippen molar-refractivity contribution >= 4 is 0 Å². The summed E-state index contributed by atoms with van der Waals surface area (Å²) in [5.74, 6) is 0.868. The lowest BCUT2D eigenvalue weighted by atomic mass is 9.78. The molecule has 0 aromatic heterocycles. The van der Waals surface area contributed by atoms with Crippen LogP contribution in [0.5, 0.6) is 5.75 Å². The fourth-order valence-corrected chi connectivity index (χ4v) is 2.70. The SMILES string of the molecule is COc1ccc2c(c1)CC(C#N)(NC(C)C)CC2. The molecule has 0 heterocycles. The maximum Gasteiger partial charge on any atom is 0.119 e. The van der Waals surface area contributed by atoms with Gasteiger partial charge in [0.05, 0.1) is 13.2 Å². The first-order valence-corrected chi connectivity index (χ1v) is 6.43. The van der Waals surface area contributed by atoms with Gasteiger partial charge in [0, 0.05) is 12.5 Å². The van der Waals surface area contributed by atoms with Crippen molar-refractivity contribution in [3.05, 3.63) is 29.3 Å². The van der Waals surface area contributed by atoms with Crippen LogP contribution in [0, 0.1) is 11.3 Å². The fourth-order valence-electron chi connectivity index (χ4n) is 2.70. The molecule has 0 saturated carbocycles. The number of fused-ring (bicyclic) bond motifs is 1. The van der Waals surface area contributed by atoms with Crippen LogP contribution in [0.15, 0.2) is 18.2 Å². The Balaban J connectivity index is 2.29. The lowest BCUT2D eigenvalue weighted by molar-refractivity contribution is 0.336. The first kappa shape index (κ1) is 12.9. The molecule has 96 valence electrons. The van der Waals surface area contributed by atoms with Crippen LogP contribution in [-0.4, -0.2) is 18.7 Å². The van der Waals surface area contributed by atoms with E-state index >= 15 is 0 Å². The maximum absolute atomic E-state index is 9.50. The van der Waals surface area contributed by atoms with Gasteiger partial charge in [-0.2, -0.15) is 5.26 Å². The first-order valence-electron chi connectivity index (χ1n) is 6.43. The summed E-state index contributed by atoms with van der Waals surface area (Å²) in [6.07, 6.45) is 2.59. The second kappa shape index (κ2) is 4.99. The summed E-state index contributed by atoms with van der Waals surface area (Å²) in [5, 5.41) is 12.9. The standard InChI is InChI=1S/C15H20N2O/c1-11(2)17-15(10-16)7-6-12-4-5-14(18-3)8-13(12)9-15/h4-5,8,11,17H,6-7,9H2,1-3H3. The minimum absolute atomic E-state index is 0.316. The van der Waals surface area contributed by atoms with Gasteiger partial charge in [-0.25, -0.2) is 0 Å². The molecule has 0 fully saturated rings. The average molecular weight is 244 g/mol. The van der Waals surface area contributed by atoms with Crippen molar-refractivity contribution in [3.8, 4) is 11.8 Å². The van der Waals surface area contributed by atoms with Crippen LogP contribution in [0.2, 0.25) is 0 Å². The van der Waals surface area contributed by atoms with Crippen molar-refractivity contribution in [2.24, 2.45) is 0 Å². The Morgan fingerprint density at radius 2 is 2.17 bits per heavy atom. The van der Waals surface area contributed by atoms with Crippen molar-refractivity contribution in [2.75, 3.05) is 7.11 Å². The zero-order valence-corrected chi connectivity index (χ0v) is 11.3. The van der Waals surface area contributed by atoms with Crippen LogP contribution in [-0.2, 0) is 12.8 Å². The van der Waals surface area contributed by atoms with E-state index in [0.717, 1.165) is 25.0 Å². The predicted octanol–water partition coefficient (Wildman–Crippen LogP) is 2.44. The fraction of sp³-hybridized carbons (Fsp3) is 0.533. The highest BCUT2D eigenvalue weighted by atomic mass is 16.5. The summed E-state index contributed by atoms with van der Waals surface area (Å²) in [6, 6.07) is 8.96. The molecule has 1 aliphatic rings. The highest BCUT2D eigenvalue weighted by Crippen LogP contribution is 2.31. The number of nitriles is 1. The summed E-state index contributed by atoms with van der Waals surface area (Å²) in [6.45, 7) is 4.17. The minimum atomic E-state index is -0.423. The molecule has 1 unspecified atom stereocenters. The lowest BCUT2D eigenvalue weighted by Gasteiger charge is -2.35. The Morgan fingerprint density at radius 3 is 2.78 bits per heavy atom. The van der Waals surface area contributed by atoms with Crippen molar-refractivity contribution < 1.29 is 4.74 Å². The zero-order valence-electron chi connectivity index (χ0n) is 11.3. The quantitative estimate of drug-likeness (QED) is 0.888. The molecule has 0 saturated heterocycles. The van der Waals surface area contributed by atoms with Crippen LogP contribution in [0.1, 0.15) is 31.4 Å².